The summed E-state index contributed by atoms with van der Waals surface area (Å²) in [5.74, 6) is -0.202. The highest BCUT2D eigenvalue weighted by Gasteiger charge is 2.13. The Bertz CT molecular complexity index is 146. The molecule has 0 bridgehead atoms. The van der Waals surface area contributed by atoms with E-state index in [1.54, 1.807) is 0 Å². The van der Waals surface area contributed by atoms with E-state index in [1.807, 2.05) is 4.90 Å². The molecule has 0 spiro atoms. The Hall–Kier alpha value is -0.650. The number of nitrogens with one attached hydrogen (secondary N) is 1. The molecule has 1 saturated heterocycles. The predicted octanol–water partition coefficient (Wildman–Crippen LogP) is -1.18. The average molecular weight is 173 g/mol. The van der Waals surface area contributed by atoms with E-state index in [-0.39, 0.29) is 5.91 Å². The van der Waals surface area contributed by atoms with Gasteiger partial charge in [0.15, 0.2) is 6.73 Å². The number of ether oxygens (including phenoxy) is 1. The van der Waals surface area contributed by atoms with Crippen molar-refractivity contribution in [1.82, 2.24) is 10.2 Å². The van der Waals surface area contributed by atoms with Crippen LogP contribution in [0, 0.1) is 0 Å². The van der Waals surface area contributed by atoms with Crippen LogP contribution in [0.5, 0.6) is 0 Å². The van der Waals surface area contributed by atoms with Crippen LogP contribution >= 0.6 is 0 Å². The third-order valence-electron chi connectivity index (χ3n) is 1.74. The van der Waals surface area contributed by atoms with Crippen molar-refractivity contribution in [3.05, 3.63) is 0 Å². The van der Waals surface area contributed by atoms with Crippen LogP contribution < -0.4 is 5.32 Å². The average Bonchev–Trinajstić information content (AvgIpc) is 2.06. The van der Waals surface area contributed by atoms with Gasteiger partial charge in [0.05, 0.1) is 19.8 Å². The highest BCUT2D eigenvalue weighted by molar-refractivity contribution is 5.77. The van der Waals surface area contributed by atoms with E-state index in [2.05, 4.69) is 5.32 Å². The summed E-state index contributed by atoms with van der Waals surface area (Å²) in [6.07, 6.45) is 0. The van der Waals surface area contributed by atoms with Gasteiger partial charge in [-0.3, -0.25) is 9.69 Å². The Balaban J connectivity index is 2.15. The minimum Gasteiger partial charge on any atom is -0.379 e. The first kappa shape index (κ1) is 9.44. The number of hydrogen-bond acceptors (Lipinski definition) is 3. The summed E-state index contributed by atoms with van der Waals surface area (Å²) in [5, 5.41) is 12.2. The number of amides is 1. The van der Waals surface area contributed by atoms with Crippen molar-refractivity contribution in [1.29, 1.82) is 0 Å². The third-order valence-corrected chi connectivity index (χ3v) is 1.74. The maximum atomic E-state index is 10.9. The molecule has 0 aromatic heterocycles. The van der Waals surface area contributed by atoms with Crippen molar-refractivity contribution in [2.75, 3.05) is 39.6 Å². The fraction of sp³-hybridized carbons (Fsp3) is 0.857. The first-order chi connectivity index (χ1) is 5.83. The van der Waals surface area contributed by atoms with Crippen LogP contribution in [0.25, 0.3) is 0 Å². The van der Waals surface area contributed by atoms with Gasteiger partial charge in [-0.15, -0.1) is 0 Å². The normalized spacial score (nSPS) is 19.1. The third kappa shape index (κ3) is 3.17. The highest BCUT2D eigenvalue weighted by atomic mass is 16.5. The van der Waals surface area contributed by atoms with Gasteiger partial charge in [0.25, 0.3) is 0 Å². The fourth-order valence-corrected chi connectivity index (χ4v) is 1.10. The van der Waals surface area contributed by atoms with E-state index in [1.165, 1.54) is 0 Å². The Morgan fingerprint density at radius 2 is 2.08 bits per heavy atom. The van der Waals surface area contributed by atoms with Gasteiger partial charge < -0.3 is 10.1 Å². The van der Waals surface area contributed by atoms with Crippen LogP contribution in [0.2, 0.25) is 0 Å². The topological polar surface area (TPSA) is 61.5 Å². The SMILES string of the molecule is [O]CNC(=O)CN1CCOCC1. The van der Waals surface area contributed by atoms with Gasteiger partial charge in [-0.05, 0) is 0 Å². The van der Waals surface area contributed by atoms with E-state index in [0.29, 0.717) is 19.8 Å². The van der Waals surface area contributed by atoms with Crippen molar-refractivity contribution in [3.8, 4) is 0 Å². The van der Waals surface area contributed by atoms with Gasteiger partial charge in [-0.2, -0.15) is 0 Å². The van der Waals surface area contributed by atoms with E-state index in [0.717, 1.165) is 13.1 Å². The molecule has 1 heterocycles. The Morgan fingerprint density at radius 1 is 1.42 bits per heavy atom. The van der Waals surface area contributed by atoms with Gasteiger partial charge in [-0.1, -0.05) is 0 Å². The van der Waals surface area contributed by atoms with Crippen LogP contribution in [0.3, 0.4) is 0 Å². The van der Waals surface area contributed by atoms with Gasteiger partial charge in [0.1, 0.15) is 0 Å². The lowest BCUT2D eigenvalue weighted by atomic mass is 10.4. The number of hydrogen-bond donors (Lipinski definition) is 1. The monoisotopic (exact) mass is 173 g/mol. The lowest BCUT2D eigenvalue weighted by molar-refractivity contribution is -0.124. The molecule has 0 aromatic rings. The summed E-state index contributed by atoms with van der Waals surface area (Å²) in [6, 6.07) is 0. The number of rotatable bonds is 3. The standard InChI is InChI=1S/C7H13N2O3/c10-6-8-7(11)5-9-1-3-12-4-2-9/h1-6H2,(H,8,11). The first-order valence-corrected chi connectivity index (χ1v) is 3.98. The second-order valence-corrected chi connectivity index (χ2v) is 2.63. The molecule has 1 amide bonds. The van der Waals surface area contributed by atoms with E-state index >= 15 is 0 Å². The molecule has 0 aliphatic carbocycles. The van der Waals surface area contributed by atoms with E-state index in [4.69, 9.17) is 4.74 Å². The summed E-state index contributed by atoms with van der Waals surface area (Å²) < 4.78 is 5.11. The van der Waals surface area contributed by atoms with Gasteiger partial charge in [0, 0.05) is 13.1 Å². The number of carbonyl (C=O) groups is 1. The highest BCUT2D eigenvalue weighted by Crippen LogP contribution is 1.94. The van der Waals surface area contributed by atoms with Crippen LogP contribution in [-0.4, -0.2) is 50.4 Å². The summed E-state index contributed by atoms with van der Waals surface area (Å²) in [7, 11) is 0. The number of carbonyl (C=O) groups excluding carboxylic acids is 1. The zero-order valence-corrected chi connectivity index (χ0v) is 6.91. The van der Waals surface area contributed by atoms with Gasteiger partial charge in [0.2, 0.25) is 5.91 Å². The van der Waals surface area contributed by atoms with Gasteiger partial charge >= 0.3 is 0 Å². The zero-order chi connectivity index (χ0) is 8.81. The molecule has 1 fully saturated rings. The Morgan fingerprint density at radius 3 is 2.67 bits per heavy atom. The van der Waals surface area contributed by atoms with Crippen molar-refractivity contribution in [2.45, 2.75) is 0 Å². The second kappa shape index (κ2) is 5.08. The van der Waals surface area contributed by atoms with Crippen LogP contribution in [-0.2, 0) is 14.6 Å². The molecule has 1 aliphatic rings. The van der Waals surface area contributed by atoms with Crippen molar-refractivity contribution in [2.24, 2.45) is 0 Å². The largest absolute Gasteiger partial charge is 0.379 e. The molecule has 5 nitrogen and oxygen atoms in total. The quantitative estimate of drug-likeness (QED) is 0.547. The molecule has 1 rings (SSSR count). The first-order valence-electron chi connectivity index (χ1n) is 3.98. The number of morpholine rings is 1. The maximum Gasteiger partial charge on any atom is 0.236 e. The minimum atomic E-state index is -0.539. The fourth-order valence-electron chi connectivity index (χ4n) is 1.10. The van der Waals surface area contributed by atoms with Crippen molar-refractivity contribution in [3.63, 3.8) is 0 Å². The second-order valence-electron chi connectivity index (χ2n) is 2.63. The smallest absolute Gasteiger partial charge is 0.236 e. The summed E-state index contributed by atoms with van der Waals surface area (Å²) in [5.41, 5.74) is 0. The Labute approximate surface area is 71.3 Å². The molecular formula is C7H13N2O3. The predicted molar refractivity (Wildman–Crippen MR) is 41.0 cm³/mol. The molecule has 1 aliphatic heterocycles. The molecule has 0 saturated carbocycles. The summed E-state index contributed by atoms with van der Waals surface area (Å²) in [4.78, 5) is 12.9. The molecular weight excluding hydrogens is 160 g/mol. The lowest BCUT2D eigenvalue weighted by Gasteiger charge is -2.25. The molecule has 1 N–H and O–H groups in total. The molecule has 0 atom stereocenters. The van der Waals surface area contributed by atoms with E-state index in [9.17, 15) is 9.90 Å². The molecule has 12 heavy (non-hydrogen) atoms. The molecule has 1 radical (unpaired) electrons. The lowest BCUT2D eigenvalue weighted by Crippen LogP contribution is -2.43. The Kier molecular flexibility index (Phi) is 3.99. The van der Waals surface area contributed by atoms with Gasteiger partial charge in [-0.25, -0.2) is 5.11 Å². The van der Waals surface area contributed by atoms with Crippen molar-refractivity contribution < 1.29 is 14.6 Å². The maximum absolute atomic E-state index is 10.9. The molecule has 69 valence electrons. The summed E-state index contributed by atoms with van der Waals surface area (Å²) >= 11 is 0. The van der Waals surface area contributed by atoms with Crippen LogP contribution in [0.4, 0.5) is 0 Å². The molecule has 0 unspecified atom stereocenters. The van der Waals surface area contributed by atoms with Crippen LogP contribution in [0.1, 0.15) is 0 Å². The minimum absolute atomic E-state index is 0.202. The zero-order valence-electron chi connectivity index (χ0n) is 6.91. The number of nitrogens with zero attached hydrogens (tertiary/aromatic N) is 1. The molecule has 0 aromatic carbocycles. The summed E-state index contributed by atoms with van der Waals surface area (Å²) in [6.45, 7) is 2.66. The van der Waals surface area contributed by atoms with Crippen molar-refractivity contribution >= 4 is 5.91 Å². The van der Waals surface area contributed by atoms with Crippen LogP contribution in [0.15, 0.2) is 0 Å². The molecule has 5 heteroatoms. The van der Waals surface area contributed by atoms with E-state index < -0.39 is 6.73 Å².